The first-order chi connectivity index (χ1) is 19.8. The van der Waals surface area contributed by atoms with Crippen LogP contribution in [0.2, 0.25) is 0 Å². The Kier molecular flexibility index (Phi) is 9.37. The summed E-state index contributed by atoms with van der Waals surface area (Å²) < 4.78 is 47.2. The van der Waals surface area contributed by atoms with Gasteiger partial charge in [-0.05, 0) is 91.1 Å². The lowest BCUT2D eigenvalue weighted by Crippen LogP contribution is -2.47. The number of aromatic amines is 1. The zero-order chi connectivity index (χ0) is 30.5. The van der Waals surface area contributed by atoms with E-state index in [1.54, 1.807) is 31.2 Å². The van der Waals surface area contributed by atoms with Crippen molar-refractivity contribution >= 4 is 17.8 Å². The van der Waals surface area contributed by atoms with E-state index in [1.165, 1.54) is 12.1 Å². The molecule has 0 bridgehead atoms. The summed E-state index contributed by atoms with van der Waals surface area (Å²) in [6.07, 6.45) is -2.02. The summed E-state index contributed by atoms with van der Waals surface area (Å²) in [6.45, 7) is 8.64. The van der Waals surface area contributed by atoms with Crippen LogP contribution in [0.5, 0.6) is 11.5 Å². The summed E-state index contributed by atoms with van der Waals surface area (Å²) in [6, 6.07) is 11.8. The summed E-state index contributed by atoms with van der Waals surface area (Å²) in [5, 5.41) is 15.6. The normalized spacial score (nSPS) is 18.2. The van der Waals surface area contributed by atoms with Gasteiger partial charge in [0.05, 0.1) is 0 Å². The summed E-state index contributed by atoms with van der Waals surface area (Å²) in [5.41, 5.74) is 1.40. The van der Waals surface area contributed by atoms with Crippen LogP contribution >= 0.6 is 0 Å². The molecule has 4 rings (SSSR count). The van der Waals surface area contributed by atoms with E-state index < -0.39 is 18.4 Å². The molecule has 1 aliphatic rings. The third kappa shape index (κ3) is 8.43. The Hall–Kier alpha value is -4.16. The van der Waals surface area contributed by atoms with Crippen LogP contribution in [0.1, 0.15) is 69.3 Å². The predicted molar refractivity (Wildman–Crippen MR) is 148 cm³/mol. The van der Waals surface area contributed by atoms with Crippen LogP contribution in [0, 0.1) is 11.3 Å². The Labute approximate surface area is 242 Å². The lowest BCUT2D eigenvalue weighted by atomic mass is 9.71. The molecule has 1 atom stereocenters. The van der Waals surface area contributed by atoms with Gasteiger partial charge in [0.2, 0.25) is 0 Å². The maximum Gasteiger partial charge on any atom is 0.573 e. The quantitative estimate of drug-likeness (QED) is 0.326. The minimum atomic E-state index is -4.80. The van der Waals surface area contributed by atoms with Gasteiger partial charge < -0.3 is 14.4 Å². The molecule has 226 valence electrons. The average molecular weight is 589 g/mol. The van der Waals surface area contributed by atoms with Crippen molar-refractivity contribution in [3.63, 3.8) is 0 Å². The van der Waals surface area contributed by atoms with E-state index >= 15 is 0 Å². The fourth-order valence-electron chi connectivity index (χ4n) is 5.20. The van der Waals surface area contributed by atoms with Crippen molar-refractivity contribution in [1.29, 1.82) is 0 Å². The number of anilines is 1. The smallest absolute Gasteiger partial charge is 0.481 e. The summed E-state index contributed by atoms with van der Waals surface area (Å²) in [5.74, 6) is -0.148. The zero-order valence-electron chi connectivity index (χ0n) is 23.9. The van der Waals surface area contributed by atoms with Crippen LogP contribution in [0.3, 0.4) is 0 Å². The molecule has 1 saturated carbocycles. The number of alkyl halides is 3. The predicted octanol–water partition coefficient (Wildman–Crippen LogP) is 5.75. The number of hydrogen-bond donors (Lipinski definition) is 2. The molecule has 0 aliphatic heterocycles. The molecular formula is C29H35F3N6O4. The third-order valence-electron chi connectivity index (χ3n) is 7.50. The van der Waals surface area contributed by atoms with Crippen molar-refractivity contribution in [2.24, 2.45) is 11.3 Å². The van der Waals surface area contributed by atoms with Crippen molar-refractivity contribution in [1.82, 2.24) is 25.5 Å². The Morgan fingerprint density at radius 3 is 2.17 bits per heavy atom. The third-order valence-corrected chi connectivity index (χ3v) is 7.50. The molecule has 0 spiro atoms. The first kappa shape index (κ1) is 30.8. The van der Waals surface area contributed by atoms with Gasteiger partial charge >= 0.3 is 6.36 Å². The van der Waals surface area contributed by atoms with Gasteiger partial charge in [-0.1, -0.05) is 38.0 Å². The molecule has 1 aliphatic carbocycles. The van der Waals surface area contributed by atoms with Gasteiger partial charge in [-0.25, -0.2) is 0 Å². The van der Waals surface area contributed by atoms with Gasteiger partial charge in [0, 0.05) is 18.2 Å². The molecule has 0 radical (unpaired) electrons. The minimum absolute atomic E-state index is 0.00840. The molecule has 2 aromatic carbocycles. The highest BCUT2D eigenvalue weighted by Gasteiger charge is 2.35. The molecule has 3 aromatic rings. The van der Waals surface area contributed by atoms with Crippen LogP contribution in [0.25, 0.3) is 0 Å². The van der Waals surface area contributed by atoms with Crippen molar-refractivity contribution in [3.8, 4) is 11.5 Å². The largest absolute Gasteiger partial charge is 0.573 e. The Morgan fingerprint density at radius 1 is 1.00 bits per heavy atom. The van der Waals surface area contributed by atoms with Gasteiger partial charge in [0.1, 0.15) is 11.5 Å². The van der Waals surface area contributed by atoms with Crippen LogP contribution in [0.15, 0.2) is 48.5 Å². The lowest BCUT2D eigenvalue weighted by molar-refractivity contribution is -0.274. The first-order valence-electron chi connectivity index (χ1n) is 13.7. The molecule has 42 heavy (non-hydrogen) atoms. The number of H-pyrrole nitrogens is 1. The standard InChI is InChI=1S/C29H35F3N6O4/c1-18(41-23-13-15-24(16-14-23)42-29(30,31)32)26(40)38(22-11-9-21(10-12-22)28(2,3)4)17-19-5-7-20(8-6-19)25(39)33-27-34-36-37-35-27/h5-8,13-16,18,21-22H,9-12,17H2,1-4H3,(H2,33,34,35,36,37,39). The van der Waals surface area contributed by atoms with Gasteiger partial charge in [-0.3, -0.25) is 14.9 Å². The number of carbonyl (C=O) groups excluding carboxylic acids is 2. The number of halogens is 3. The van der Waals surface area contributed by atoms with E-state index in [0.717, 1.165) is 43.4 Å². The van der Waals surface area contributed by atoms with Crippen LogP contribution in [-0.2, 0) is 11.3 Å². The van der Waals surface area contributed by atoms with Crippen LogP contribution in [-0.4, -0.2) is 55.8 Å². The number of aromatic nitrogens is 4. The number of tetrazole rings is 1. The van der Waals surface area contributed by atoms with Crippen molar-refractivity contribution in [2.75, 3.05) is 5.32 Å². The van der Waals surface area contributed by atoms with E-state index in [9.17, 15) is 22.8 Å². The molecule has 1 heterocycles. The Bertz CT molecular complexity index is 1320. The maximum atomic E-state index is 13.8. The number of carbonyl (C=O) groups is 2. The van der Waals surface area contributed by atoms with Crippen molar-refractivity contribution < 1.29 is 32.2 Å². The summed E-state index contributed by atoms with van der Waals surface area (Å²) >= 11 is 0. The topological polar surface area (TPSA) is 122 Å². The van der Waals surface area contributed by atoms with Gasteiger partial charge in [-0.15, -0.1) is 18.3 Å². The molecule has 2 N–H and O–H groups in total. The highest BCUT2D eigenvalue weighted by Crippen LogP contribution is 2.39. The van der Waals surface area contributed by atoms with E-state index in [4.69, 9.17) is 4.74 Å². The second-order valence-corrected chi connectivity index (χ2v) is 11.5. The van der Waals surface area contributed by atoms with Crippen molar-refractivity contribution in [3.05, 3.63) is 59.7 Å². The second-order valence-electron chi connectivity index (χ2n) is 11.5. The summed E-state index contributed by atoms with van der Waals surface area (Å²) in [4.78, 5) is 28.1. The minimum Gasteiger partial charge on any atom is -0.481 e. The molecule has 10 nitrogen and oxygen atoms in total. The first-order valence-corrected chi connectivity index (χ1v) is 13.7. The molecule has 0 saturated heterocycles. The van der Waals surface area contributed by atoms with Gasteiger partial charge in [-0.2, -0.15) is 5.21 Å². The average Bonchev–Trinajstić information content (AvgIpc) is 3.44. The van der Waals surface area contributed by atoms with Gasteiger partial charge in [0.15, 0.2) is 6.10 Å². The monoisotopic (exact) mass is 588 g/mol. The Morgan fingerprint density at radius 2 is 1.62 bits per heavy atom. The molecule has 2 amide bonds. The van der Waals surface area contributed by atoms with E-state index in [0.29, 0.717) is 18.0 Å². The molecule has 13 heteroatoms. The second kappa shape index (κ2) is 12.8. The molecule has 1 fully saturated rings. The number of ether oxygens (including phenoxy) is 2. The number of amides is 2. The van der Waals surface area contributed by atoms with E-state index in [2.05, 4.69) is 51.4 Å². The van der Waals surface area contributed by atoms with E-state index in [-0.39, 0.29) is 34.8 Å². The lowest BCUT2D eigenvalue weighted by Gasteiger charge is -2.41. The molecular weight excluding hydrogens is 553 g/mol. The highest BCUT2D eigenvalue weighted by atomic mass is 19.4. The fourth-order valence-corrected chi connectivity index (χ4v) is 5.20. The van der Waals surface area contributed by atoms with Gasteiger partial charge in [0.25, 0.3) is 17.8 Å². The van der Waals surface area contributed by atoms with Crippen LogP contribution < -0.4 is 14.8 Å². The number of nitrogens with zero attached hydrogens (tertiary/aromatic N) is 4. The number of rotatable bonds is 9. The number of benzene rings is 2. The van der Waals surface area contributed by atoms with E-state index in [1.807, 2.05) is 4.90 Å². The number of nitrogens with one attached hydrogen (secondary N) is 2. The summed E-state index contributed by atoms with van der Waals surface area (Å²) in [7, 11) is 0. The fraction of sp³-hybridized carbons (Fsp3) is 0.483. The van der Waals surface area contributed by atoms with Crippen molar-refractivity contribution in [2.45, 2.75) is 78.4 Å². The maximum absolute atomic E-state index is 13.8. The Balaban J connectivity index is 1.47. The SMILES string of the molecule is CC(Oc1ccc(OC(F)(F)F)cc1)C(=O)N(Cc1ccc(C(=O)Nc2nn[nH]n2)cc1)C1CCC(C(C)(C)C)CC1. The highest BCUT2D eigenvalue weighted by molar-refractivity contribution is 6.03. The molecule has 1 aromatic heterocycles. The van der Waals surface area contributed by atoms with Crippen LogP contribution in [0.4, 0.5) is 19.1 Å². The molecule has 1 unspecified atom stereocenters. The zero-order valence-corrected chi connectivity index (χ0v) is 23.9. The number of hydrogen-bond acceptors (Lipinski definition) is 7.